The van der Waals surface area contributed by atoms with Gasteiger partial charge in [0.25, 0.3) is 0 Å². The van der Waals surface area contributed by atoms with Crippen LogP contribution in [-0.4, -0.2) is 29.1 Å². The summed E-state index contributed by atoms with van der Waals surface area (Å²) >= 11 is 5.58. The van der Waals surface area contributed by atoms with Crippen LogP contribution < -0.4 is 0 Å². The molecule has 1 radical (unpaired) electrons. The van der Waals surface area contributed by atoms with E-state index in [-0.39, 0.29) is 10.7 Å². The summed E-state index contributed by atoms with van der Waals surface area (Å²) in [7, 11) is 0. The Kier molecular flexibility index (Phi) is 3.58. The first-order valence-corrected chi connectivity index (χ1v) is 5.60. The molecule has 0 aromatic carbocycles. The van der Waals surface area contributed by atoms with E-state index in [0.717, 1.165) is 0 Å². The van der Waals surface area contributed by atoms with E-state index >= 15 is 0 Å². The maximum atomic E-state index is 13.0. The lowest BCUT2D eigenvalue weighted by Gasteiger charge is -2.29. The van der Waals surface area contributed by atoms with Crippen molar-refractivity contribution in [2.24, 2.45) is 0 Å². The highest BCUT2D eigenvalue weighted by Gasteiger charge is 2.45. The second-order valence-electron chi connectivity index (χ2n) is 3.93. The van der Waals surface area contributed by atoms with Gasteiger partial charge in [0.1, 0.15) is 11.2 Å². The molecule has 17 heavy (non-hydrogen) atoms. The van der Waals surface area contributed by atoms with Crippen molar-refractivity contribution in [3.05, 3.63) is 35.5 Å². The second-order valence-corrected chi connectivity index (χ2v) is 4.32. The van der Waals surface area contributed by atoms with Gasteiger partial charge in [-0.25, -0.2) is 4.98 Å². The van der Waals surface area contributed by atoms with Gasteiger partial charge in [-0.05, 0) is 31.0 Å². The quantitative estimate of drug-likeness (QED) is 0.762. The zero-order valence-corrected chi connectivity index (χ0v) is 9.67. The third kappa shape index (κ3) is 2.90. The van der Waals surface area contributed by atoms with Gasteiger partial charge < -0.3 is 0 Å². The summed E-state index contributed by atoms with van der Waals surface area (Å²) in [6.07, 6.45) is -0.567. The zero-order valence-electron chi connectivity index (χ0n) is 8.91. The first kappa shape index (κ1) is 12.6. The predicted molar refractivity (Wildman–Crippen MR) is 58.5 cm³/mol. The third-order valence-corrected chi connectivity index (χ3v) is 2.95. The number of halogens is 4. The molecule has 1 unspecified atom stereocenters. The average Bonchev–Trinajstić information content (AvgIpc) is 2.72. The molecule has 0 amide bonds. The Morgan fingerprint density at radius 3 is 2.59 bits per heavy atom. The van der Waals surface area contributed by atoms with Crippen LogP contribution in [0.4, 0.5) is 13.2 Å². The molecule has 0 aliphatic carbocycles. The van der Waals surface area contributed by atoms with E-state index in [1.165, 1.54) is 23.2 Å². The average molecular weight is 264 g/mol. The molecule has 0 bridgehead atoms. The highest BCUT2D eigenvalue weighted by molar-refractivity contribution is 6.29. The summed E-state index contributed by atoms with van der Waals surface area (Å²) in [6, 6.07) is 1.17. The minimum atomic E-state index is -4.30. The molecule has 1 aromatic heterocycles. The molecular weight excluding hydrogens is 253 g/mol. The number of likely N-dealkylation sites (tertiary alicyclic amines) is 1. The van der Waals surface area contributed by atoms with Gasteiger partial charge in [0.2, 0.25) is 0 Å². The van der Waals surface area contributed by atoms with E-state index in [0.29, 0.717) is 19.5 Å². The normalized spacial score (nSPS) is 19.5. The molecule has 0 saturated carbocycles. The molecule has 1 fully saturated rings. The van der Waals surface area contributed by atoms with Crippen molar-refractivity contribution in [2.75, 3.05) is 13.1 Å². The molecule has 2 rings (SSSR count). The first-order chi connectivity index (χ1) is 7.98. The van der Waals surface area contributed by atoms with Crippen molar-refractivity contribution in [2.45, 2.75) is 18.6 Å². The van der Waals surface area contributed by atoms with Crippen molar-refractivity contribution in [1.82, 2.24) is 9.88 Å². The fourth-order valence-corrected chi connectivity index (χ4v) is 2.11. The monoisotopic (exact) mass is 263 g/mol. The molecule has 1 aliphatic heterocycles. The highest BCUT2D eigenvalue weighted by Crippen LogP contribution is 2.39. The van der Waals surface area contributed by atoms with E-state index in [1.807, 2.05) is 6.42 Å². The summed E-state index contributed by atoms with van der Waals surface area (Å²) in [5, 5.41) is 0.197. The standard InChI is InChI=1S/C11H11ClF3N2/c12-9-4-3-8(7-16-9)10(11(13,14)15)17-5-1-2-6-17/h1,3-4,7,10H,2,5-6H2. The Labute approximate surface area is 102 Å². The summed E-state index contributed by atoms with van der Waals surface area (Å²) in [4.78, 5) is 5.11. The van der Waals surface area contributed by atoms with Crippen LogP contribution >= 0.6 is 11.6 Å². The molecule has 1 aromatic rings. The second kappa shape index (κ2) is 4.82. The van der Waals surface area contributed by atoms with Crippen LogP contribution in [0.25, 0.3) is 0 Å². The molecule has 1 atom stereocenters. The minimum Gasteiger partial charge on any atom is -0.288 e. The Hall–Kier alpha value is -0.810. The van der Waals surface area contributed by atoms with Crippen LogP contribution in [0.3, 0.4) is 0 Å². The number of nitrogens with zero attached hydrogens (tertiary/aromatic N) is 2. The van der Waals surface area contributed by atoms with Gasteiger partial charge in [0.05, 0.1) is 0 Å². The molecule has 2 heterocycles. The summed E-state index contributed by atoms with van der Waals surface area (Å²) in [5.74, 6) is 0. The fraction of sp³-hybridized carbons (Fsp3) is 0.455. The smallest absolute Gasteiger partial charge is 0.288 e. The van der Waals surface area contributed by atoms with Crippen LogP contribution in [0.1, 0.15) is 18.0 Å². The van der Waals surface area contributed by atoms with Crippen molar-refractivity contribution in [3.8, 4) is 0 Å². The van der Waals surface area contributed by atoms with Crippen LogP contribution in [0.2, 0.25) is 5.15 Å². The van der Waals surface area contributed by atoms with E-state index in [1.54, 1.807) is 0 Å². The Bertz CT molecular complexity index is 371. The first-order valence-electron chi connectivity index (χ1n) is 5.22. The largest absolute Gasteiger partial charge is 0.408 e. The maximum Gasteiger partial charge on any atom is 0.408 e. The Balaban J connectivity index is 2.29. The van der Waals surface area contributed by atoms with E-state index < -0.39 is 12.2 Å². The van der Waals surface area contributed by atoms with Gasteiger partial charge in [-0.2, -0.15) is 13.2 Å². The number of aromatic nitrogens is 1. The van der Waals surface area contributed by atoms with Crippen molar-refractivity contribution >= 4 is 11.6 Å². The number of rotatable bonds is 2. The summed E-state index contributed by atoms with van der Waals surface area (Å²) in [5.41, 5.74) is 0.136. The van der Waals surface area contributed by atoms with E-state index in [2.05, 4.69) is 4.98 Å². The SMILES string of the molecule is FC(F)(F)C(c1ccc(Cl)nc1)N1C[CH]CC1. The minimum absolute atomic E-state index is 0.136. The van der Waals surface area contributed by atoms with E-state index in [9.17, 15) is 13.2 Å². The molecule has 2 nitrogen and oxygen atoms in total. The Morgan fingerprint density at radius 2 is 2.12 bits per heavy atom. The van der Waals surface area contributed by atoms with Gasteiger partial charge in [-0.1, -0.05) is 17.7 Å². The number of pyridine rings is 1. The molecular formula is C11H11ClF3N2. The van der Waals surface area contributed by atoms with Crippen LogP contribution in [-0.2, 0) is 0 Å². The molecule has 1 aliphatic rings. The predicted octanol–water partition coefficient (Wildman–Crippen LogP) is 3.25. The molecule has 0 N–H and O–H groups in total. The highest BCUT2D eigenvalue weighted by atomic mass is 35.5. The number of hydrogen-bond donors (Lipinski definition) is 0. The van der Waals surface area contributed by atoms with Gasteiger partial charge in [0.15, 0.2) is 0 Å². The van der Waals surface area contributed by atoms with Gasteiger partial charge in [0, 0.05) is 12.7 Å². The summed E-state index contributed by atoms with van der Waals surface area (Å²) in [6.45, 7) is 0.777. The van der Waals surface area contributed by atoms with Crippen LogP contribution in [0.5, 0.6) is 0 Å². The topological polar surface area (TPSA) is 16.1 Å². The molecule has 1 saturated heterocycles. The Morgan fingerprint density at radius 1 is 1.35 bits per heavy atom. The lowest BCUT2D eigenvalue weighted by Crippen LogP contribution is -2.36. The maximum absolute atomic E-state index is 13.0. The zero-order chi connectivity index (χ0) is 12.5. The van der Waals surface area contributed by atoms with Gasteiger partial charge in [-0.15, -0.1) is 0 Å². The molecule has 0 spiro atoms. The number of hydrogen-bond acceptors (Lipinski definition) is 2. The van der Waals surface area contributed by atoms with Crippen LogP contribution in [0.15, 0.2) is 18.3 Å². The lowest BCUT2D eigenvalue weighted by atomic mass is 10.1. The van der Waals surface area contributed by atoms with Crippen molar-refractivity contribution < 1.29 is 13.2 Å². The van der Waals surface area contributed by atoms with E-state index in [4.69, 9.17) is 11.6 Å². The fourth-order valence-electron chi connectivity index (χ4n) is 2.00. The number of alkyl halides is 3. The molecule has 6 heteroatoms. The van der Waals surface area contributed by atoms with Crippen molar-refractivity contribution in [3.63, 3.8) is 0 Å². The van der Waals surface area contributed by atoms with Crippen molar-refractivity contribution in [1.29, 1.82) is 0 Å². The summed E-state index contributed by atoms with van der Waals surface area (Å²) < 4.78 is 39.1. The van der Waals surface area contributed by atoms with Gasteiger partial charge >= 0.3 is 6.18 Å². The lowest BCUT2D eigenvalue weighted by molar-refractivity contribution is -0.183. The molecule has 93 valence electrons. The third-order valence-electron chi connectivity index (χ3n) is 2.73. The van der Waals surface area contributed by atoms with Crippen LogP contribution in [0, 0.1) is 6.42 Å². The van der Waals surface area contributed by atoms with Gasteiger partial charge in [-0.3, -0.25) is 4.90 Å².